The number of hydrogen-bond acceptors (Lipinski definition) is 2. The molecule has 0 radical (unpaired) electrons. The molecule has 0 heterocycles. The molecule has 80 valence electrons. The zero-order valence-electron chi connectivity index (χ0n) is 9.34. The Morgan fingerprint density at radius 3 is 2.50 bits per heavy atom. The topological polar surface area (TPSA) is 52.9 Å². The molecular weight excluding hydrogens is 176 g/mol. The first-order chi connectivity index (χ1) is 6.63. The summed E-state index contributed by atoms with van der Waals surface area (Å²) < 4.78 is 0. The van der Waals surface area contributed by atoms with Crippen molar-refractivity contribution in [3.8, 4) is 6.07 Å². The molecule has 0 rings (SSSR count). The molecule has 0 fully saturated rings. The molecule has 0 saturated carbocycles. The average Bonchev–Trinajstić information content (AvgIpc) is 2.16. The zero-order chi connectivity index (χ0) is 11.0. The standard InChI is InChI=1S/C11H20N2O/c1-4-9(3)8-11(14)13-10(5-2)6-7-12/h9-10H,4-6,8H2,1-3H3,(H,13,14). The molecule has 0 aromatic rings. The Balaban J connectivity index is 3.85. The predicted octanol–water partition coefficient (Wildman–Crippen LogP) is 2.23. The third-order valence-electron chi connectivity index (χ3n) is 2.43. The maximum atomic E-state index is 11.4. The number of nitrogens with zero attached hydrogens (tertiary/aromatic N) is 1. The summed E-state index contributed by atoms with van der Waals surface area (Å²) in [7, 11) is 0. The number of hydrogen-bond donors (Lipinski definition) is 1. The van der Waals surface area contributed by atoms with E-state index in [1.807, 2.05) is 6.92 Å². The van der Waals surface area contributed by atoms with Gasteiger partial charge >= 0.3 is 0 Å². The van der Waals surface area contributed by atoms with Crippen molar-refractivity contribution in [1.82, 2.24) is 5.32 Å². The SMILES string of the molecule is CCC(C)CC(=O)NC(CC)CC#N. The van der Waals surface area contributed by atoms with Gasteiger partial charge in [-0.2, -0.15) is 5.26 Å². The van der Waals surface area contributed by atoms with E-state index in [0.717, 1.165) is 12.8 Å². The molecule has 0 aromatic heterocycles. The highest BCUT2D eigenvalue weighted by molar-refractivity contribution is 5.76. The molecule has 0 bridgehead atoms. The monoisotopic (exact) mass is 196 g/mol. The smallest absolute Gasteiger partial charge is 0.220 e. The first kappa shape index (κ1) is 13.0. The number of carbonyl (C=O) groups excluding carboxylic acids is 1. The number of nitriles is 1. The van der Waals surface area contributed by atoms with Crippen LogP contribution in [-0.2, 0) is 4.79 Å². The van der Waals surface area contributed by atoms with Gasteiger partial charge in [0.1, 0.15) is 0 Å². The Morgan fingerprint density at radius 2 is 2.07 bits per heavy atom. The van der Waals surface area contributed by atoms with Crippen LogP contribution in [0.4, 0.5) is 0 Å². The van der Waals surface area contributed by atoms with Crippen molar-refractivity contribution >= 4 is 5.91 Å². The van der Waals surface area contributed by atoms with E-state index in [-0.39, 0.29) is 11.9 Å². The van der Waals surface area contributed by atoms with Crippen molar-refractivity contribution in [2.45, 2.75) is 52.5 Å². The Hall–Kier alpha value is -1.04. The lowest BCUT2D eigenvalue weighted by Gasteiger charge is -2.15. The molecule has 0 aromatic carbocycles. The van der Waals surface area contributed by atoms with Crippen LogP contribution < -0.4 is 5.32 Å². The van der Waals surface area contributed by atoms with Crippen LogP contribution >= 0.6 is 0 Å². The summed E-state index contributed by atoms with van der Waals surface area (Å²) in [6.07, 6.45) is 2.81. The summed E-state index contributed by atoms with van der Waals surface area (Å²) >= 11 is 0. The van der Waals surface area contributed by atoms with E-state index in [0.29, 0.717) is 18.8 Å². The van der Waals surface area contributed by atoms with Crippen LogP contribution in [0.1, 0.15) is 46.5 Å². The minimum Gasteiger partial charge on any atom is -0.352 e. The third kappa shape index (κ3) is 5.58. The molecule has 2 unspecified atom stereocenters. The summed E-state index contributed by atoms with van der Waals surface area (Å²) in [5, 5.41) is 11.4. The van der Waals surface area contributed by atoms with Gasteiger partial charge < -0.3 is 5.32 Å². The van der Waals surface area contributed by atoms with Crippen LogP contribution in [0.3, 0.4) is 0 Å². The van der Waals surface area contributed by atoms with Crippen molar-refractivity contribution in [2.75, 3.05) is 0 Å². The van der Waals surface area contributed by atoms with E-state index < -0.39 is 0 Å². The number of carbonyl (C=O) groups is 1. The highest BCUT2D eigenvalue weighted by Crippen LogP contribution is 2.06. The first-order valence-corrected chi connectivity index (χ1v) is 5.30. The zero-order valence-corrected chi connectivity index (χ0v) is 9.34. The quantitative estimate of drug-likeness (QED) is 0.708. The van der Waals surface area contributed by atoms with Gasteiger partial charge in [-0.25, -0.2) is 0 Å². The van der Waals surface area contributed by atoms with Gasteiger partial charge in [-0.3, -0.25) is 4.79 Å². The number of rotatable bonds is 6. The van der Waals surface area contributed by atoms with Crippen molar-refractivity contribution < 1.29 is 4.79 Å². The van der Waals surface area contributed by atoms with Crippen molar-refractivity contribution in [3.05, 3.63) is 0 Å². The molecule has 0 aliphatic rings. The van der Waals surface area contributed by atoms with Gasteiger partial charge in [0.15, 0.2) is 0 Å². The largest absolute Gasteiger partial charge is 0.352 e. The molecule has 0 spiro atoms. The van der Waals surface area contributed by atoms with E-state index in [2.05, 4.69) is 25.2 Å². The molecule has 3 nitrogen and oxygen atoms in total. The maximum absolute atomic E-state index is 11.4. The van der Waals surface area contributed by atoms with Gasteiger partial charge in [0, 0.05) is 12.5 Å². The Morgan fingerprint density at radius 1 is 1.43 bits per heavy atom. The van der Waals surface area contributed by atoms with Gasteiger partial charge in [0.2, 0.25) is 5.91 Å². The molecule has 1 amide bonds. The molecule has 0 aliphatic heterocycles. The van der Waals surface area contributed by atoms with E-state index in [1.165, 1.54) is 0 Å². The number of nitrogens with one attached hydrogen (secondary N) is 1. The van der Waals surface area contributed by atoms with Crippen molar-refractivity contribution in [1.29, 1.82) is 5.26 Å². The second kappa shape index (κ2) is 7.37. The van der Waals surface area contributed by atoms with Crippen LogP contribution in [0.2, 0.25) is 0 Å². The Labute approximate surface area is 86.5 Å². The van der Waals surface area contributed by atoms with Gasteiger partial charge in [0.25, 0.3) is 0 Å². The van der Waals surface area contributed by atoms with Gasteiger partial charge in [-0.05, 0) is 12.3 Å². The maximum Gasteiger partial charge on any atom is 0.220 e. The fraction of sp³-hybridized carbons (Fsp3) is 0.818. The summed E-state index contributed by atoms with van der Waals surface area (Å²) in [4.78, 5) is 11.4. The molecule has 0 saturated heterocycles. The fourth-order valence-electron chi connectivity index (χ4n) is 1.16. The van der Waals surface area contributed by atoms with Gasteiger partial charge in [-0.15, -0.1) is 0 Å². The van der Waals surface area contributed by atoms with Crippen molar-refractivity contribution in [3.63, 3.8) is 0 Å². The minimum atomic E-state index is 0.0246. The van der Waals surface area contributed by atoms with E-state index in [1.54, 1.807) is 0 Å². The molecular formula is C11H20N2O. The highest BCUT2D eigenvalue weighted by Gasteiger charge is 2.11. The van der Waals surface area contributed by atoms with E-state index >= 15 is 0 Å². The van der Waals surface area contributed by atoms with Gasteiger partial charge in [-0.1, -0.05) is 27.2 Å². The number of amides is 1. The molecule has 0 aliphatic carbocycles. The van der Waals surface area contributed by atoms with Crippen LogP contribution in [0, 0.1) is 17.2 Å². The lowest BCUT2D eigenvalue weighted by molar-refractivity contribution is -0.122. The van der Waals surface area contributed by atoms with Crippen LogP contribution in [0.15, 0.2) is 0 Å². The molecule has 1 N–H and O–H groups in total. The molecule has 14 heavy (non-hydrogen) atoms. The predicted molar refractivity (Wildman–Crippen MR) is 56.5 cm³/mol. The molecule has 2 atom stereocenters. The summed E-state index contributed by atoms with van der Waals surface area (Å²) in [6, 6.07) is 2.10. The average molecular weight is 196 g/mol. The minimum absolute atomic E-state index is 0.0246. The lowest BCUT2D eigenvalue weighted by Crippen LogP contribution is -2.34. The molecule has 3 heteroatoms. The first-order valence-electron chi connectivity index (χ1n) is 5.30. The Kier molecular flexibility index (Phi) is 6.82. The van der Waals surface area contributed by atoms with Crippen LogP contribution in [0.5, 0.6) is 0 Å². The van der Waals surface area contributed by atoms with E-state index in [9.17, 15) is 4.79 Å². The second-order valence-corrected chi connectivity index (χ2v) is 3.75. The highest BCUT2D eigenvalue weighted by atomic mass is 16.1. The normalized spacial score (nSPS) is 14.1. The lowest BCUT2D eigenvalue weighted by atomic mass is 10.0. The van der Waals surface area contributed by atoms with Gasteiger partial charge in [0.05, 0.1) is 12.5 Å². The Bertz CT molecular complexity index is 208. The summed E-state index contributed by atoms with van der Waals surface area (Å²) in [6.45, 7) is 6.11. The summed E-state index contributed by atoms with van der Waals surface area (Å²) in [5.74, 6) is 0.496. The van der Waals surface area contributed by atoms with Crippen LogP contribution in [0.25, 0.3) is 0 Å². The van der Waals surface area contributed by atoms with Crippen molar-refractivity contribution in [2.24, 2.45) is 5.92 Å². The van der Waals surface area contributed by atoms with E-state index in [4.69, 9.17) is 5.26 Å². The third-order valence-corrected chi connectivity index (χ3v) is 2.43. The second-order valence-electron chi connectivity index (χ2n) is 3.75. The van der Waals surface area contributed by atoms with Crippen LogP contribution in [-0.4, -0.2) is 11.9 Å². The fourth-order valence-corrected chi connectivity index (χ4v) is 1.16. The summed E-state index contributed by atoms with van der Waals surface area (Å²) in [5.41, 5.74) is 0.